The summed E-state index contributed by atoms with van der Waals surface area (Å²) in [4.78, 5) is 3.89. The fourth-order valence-electron chi connectivity index (χ4n) is 1.49. The van der Waals surface area contributed by atoms with Crippen LogP contribution in [0.25, 0.3) is 0 Å². The molecule has 2 rings (SSSR count). The smallest absolute Gasteiger partial charge is 0.416 e. The molecule has 0 unspecified atom stereocenters. The molecule has 1 aromatic heterocycles. The van der Waals surface area contributed by atoms with E-state index in [0.717, 1.165) is 12.1 Å². The van der Waals surface area contributed by atoms with E-state index < -0.39 is 11.7 Å². The molecule has 0 aliphatic heterocycles. The third-order valence-electron chi connectivity index (χ3n) is 2.49. The Labute approximate surface area is 118 Å². The van der Waals surface area contributed by atoms with Crippen LogP contribution in [0, 0.1) is 0 Å². The van der Waals surface area contributed by atoms with Crippen molar-refractivity contribution in [3.05, 3.63) is 52.7 Å². The zero-order valence-corrected chi connectivity index (χ0v) is 10.9. The first kappa shape index (κ1) is 14.5. The number of halogens is 4. The third kappa shape index (κ3) is 3.54. The summed E-state index contributed by atoms with van der Waals surface area (Å²) in [5.41, 5.74) is 5.76. The first-order chi connectivity index (χ1) is 9.36. The number of anilines is 1. The molecule has 0 saturated heterocycles. The van der Waals surface area contributed by atoms with Crippen molar-refractivity contribution >= 4 is 17.3 Å². The highest BCUT2D eigenvalue weighted by Gasteiger charge is 2.29. The molecule has 0 spiro atoms. The first-order valence-corrected chi connectivity index (χ1v) is 5.94. The Morgan fingerprint density at radius 3 is 2.40 bits per heavy atom. The molecule has 2 aromatic rings. The van der Waals surface area contributed by atoms with Crippen LogP contribution < -0.4 is 10.5 Å². The molecule has 0 radical (unpaired) electrons. The molecule has 0 bridgehead atoms. The Kier molecular flexibility index (Phi) is 4.04. The summed E-state index contributed by atoms with van der Waals surface area (Å²) in [5, 5.41) is 0.247. The standard InChI is InChI=1S/C13H10ClF3N2O/c14-11-5-10(18)6-19-12(11)20-7-8-1-3-9(4-2-8)13(15,16)17/h1-6H,7,18H2. The van der Waals surface area contributed by atoms with E-state index in [9.17, 15) is 13.2 Å². The average molecular weight is 303 g/mol. The number of nitrogens with zero attached hydrogens (tertiary/aromatic N) is 1. The van der Waals surface area contributed by atoms with Crippen LogP contribution in [0.1, 0.15) is 11.1 Å². The van der Waals surface area contributed by atoms with E-state index in [1.165, 1.54) is 24.4 Å². The van der Waals surface area contributed by atoms with E-state index in [2.05, 4.69) is 4.98 Å². The van der Waals surface area contributed by atoms with Crippen molar-refractivity contribution < 1.29 is 17.9 Å². The van der Waals surface area contributed by atoms with Crippen molar-refractivity contribution in [2.45, 2.75) is 12.8 Å². The van der Waals surface area contributed by atoms with E-state index >= 15 is 0 Å². The SMILES string of the molecule is Nc1cnc(OCc2ccc(C(F)(F)F)cc2)c(Cl)c1. The van der Waals surface area contributed by atoms with Crippen LogP contribution in [-0.4, -0.2) is 4.98 Å². The highest BCUT2D eigenvalue weighted by atomic mass is 35.5. The maximum absolute atomic E-state index is 12.4. The van der Waals surface area contributed by atoms with Crippen molar-refractivity contribution in [1.29, 1.82) is 0 Å². The Bertz CT molecular complexity index is 600. The van der Waals surface area contributed by atoms with Crippen LogP contribution in [0.4, 0.5) is 18.9 Å². The fraction of sp³-hybridized carbons (Fsp3) is 0.154. The number of alkyl halides is 3. The fourth-order valence-corrected chi connectivity index (χ4v) is 1.72. The normalized spacial score (nSPS) is 11.4. The molecule has 20 heavy (non-hydrogen) atoms. The zero-order chi connectivity index (χ0) is 14.8. The molecule has 1 aromatic carbocycles. The molecule has 0 fully saturated rings. The molecular formula is C13H10ClF3N2O. The zero-order valence-electron chi connectivity index (χ0n) is 10.1. The van der Waals surface area contributed by atoms with Crippen LogP contribution in [0.2, 0.25) is 5.02 Å². The van der Waals surface area contributed by atoms with Gasteiger partial charge in [0.2, 0.25) is 5.88 Å². The number of hydrogen-bond donors (Lipinski definition) is 1. The van der Waals surface area contributed by atoms with Crippen LogP contribution >= 0.6 is 11.6 Å². The minimum Gasteiger partial charge on any atom is -0.472 e. The number of benzene rings is 1. The van der Waals surface area contributed by atoms with E-state index in [-0.39, 0.29) is 17.5 Å². The van der Waals surface area contributed by atoms with Crippen LogP contribution in [0.5, 0.6) is 5.88 Å². The minimum atomic E-state index is -4.35. The molecule has 1 heterocycles. The van der Waals surface area contributed by atoms with Crippen LogP contribution in [-0.2, 0) is 12.8 Å². The lowest BCUT2D eigenvalue weighted by molar-refractivity contribution is -0.137. The van der Waals surface area contributed by atoms with Crippen molar-refractivity contribution in [2.24, 2.45) is 0 Å². The van der Waals surface area contributed by atoms with Gasteiger partial charge in [-0.1, -0.05) is 23.7 Å². The maximum atomic E-state index is 12.4. The molecule has 0 saturated carbocycles. The first-order valence-electron chi connectivity index (χ1n) is 5.56. The number of hydrogen-bond acceptors (Lipinski definition) is 3. The Hall–Kier alpha value is -1.95. The summed E-state index contributed by atoms with van der Waals surface area (Å²) in [7, 11) is 0. The van der Waals surface area contributed by atoms with Crippen molar-refractivity contribution in [1.82, 2.24) is 4.98 Å². The van der Waals surface area contributed by atoms with Gasteiger partial charge in [0.05, 0.1) is 17.4 Å². The summed E-state index contributed by atoms with van der Waals surface area (Å²) in [6.07, 6.45) is -2.96. The molecule has 3 nitrogen and oxygen atoms in total. The largest absolute Gasteiger partial charge is 0.472 e. The summed E-state index contributed by atoms with van der Waals surface area (Å²) in [6.45, 7) is 0.0643. The summed E-state index contributed by atoms with van der Waals surface area (Å²) in [5.74, 6) is 0.181. The second kappa shape index (κ2) is 5.58. The number of nitrogen functional groups attached to an aromatic ring is 1. The number of ether oxygens (including phenoxy) is 1. The molecule has 106 valence electrons. The Balaban J connectivity index is 2.04. The molecule has 2 N–H and O–H groups in total. The lowest BCUT2D eigenvalue weighted by atomic mass is 10.1. The van der Waals surface area contributed by atoms with Gasteiger partial charge in [-0.15, -0.1) is 0 Å². The average Bonchev–Trinajstić information content (AvgIpc) is 2.37. The number of rotatable bonds is 3. The van der Waals surface area contributed by atoms with E-state index in [1.807, 2.05) is 0 Å². The molecule has 0 aliphatic rings. The van der Waals surface area contributed by atoms with Gasteiger partial charge in [-0.25, -0.2) is 4.98 Å². The second-order valence-electron chi connectivity index (χ2n) is 4.04. The van der Waals surface area contributed by atoms with Crippen molar-refractivity contribution in [3.8, 4) is 5.88 Å². The molecule has 0 amide bonds. The van der Waals surface area contributed by atoms with Crippen molar-refractivity contribution in [2.75, 3.05) is 5.73 Å². The van der Waals surface area contributed by atoms with Crippen LogP contribution in [0.15, 0.2) is 36.5 Å². The van der Waals surface area contributed by atoms with Gasteiger partial charge in [-0.05, 0) is 23.8 Å². The molecule has 0 aliphatic carbocycles. The highest BCUT2D eigenvalue weighted by molar-refractivity contribution is 6.32. The molecular weight excluding hydrogens is 293 g/mol. The second-order valence-corrected chi connectivity index (χ2v) is 4.45. The lowest BCUT2D eigenvalue weighted by Crippen LogP contribution is -2.05. The number of nitrogens with two attached hydrogens (primary N) is 1. The topological polar surface area (TPSA) is 48.1 Å². The molecule has 0 atom stereocenters. The molecule has 7 heteroatoms. The third-order valence-corrected chi connectivity index (χ3v) is 2.76. The summed E-state index contributed by atoms with van der Waals surface area (Å²) < 4.78 is 42.5. The van der Waals surface area contributed by atoms with Gasteiger partial charge >= 0.3 is 6.18 Å². The quantitative estimate of drug-likeness (QED) is 0.935. The summed E-state index contributed by atoms with van der Waals surface area (Å²) >= 11 is 5.86. The van der Waals surface area contributed by atoms with E-state index in [1.54, 1.807) is 0 Å². The predicted octanol–water partition coefficient (Wildman–Crippen LogP) is 3.92. The van der Waals surface area contributed by atoms with Gasteiger partial charge in [-0.2, -0.15) is 13.2 Å². The lowest BCUT2D eigenvalue weighted by Gasteiger charge is -2.09. The highest BCUT2D eigenvalue weighted by Crippen LogP contribution is 2.29. The minimum absolute atomic E-state index is 0.0643. The predicted molar refractivity (Wildman–Crippen MR) is 69.4 cm³/mol. The van der Waals surface area contributed by atoms with E-state index in [4.69, 9.17) is 22.1 Å². The van der Waals surface area contributed by atoms with E-state index in [0.29, 0.717) is 11.3 Å². The maximum Gasteiger partial charge on any atom is 0.416 e. The Morgan fingerprint density at radius 2 is 1.85 bits per heavy atom. The number of aromatic nitrogens is 1. The number of pyridine rings is 1. The van der Waals surface area contributed by atoms with Gasteiger partial charge in [0.25, 0.3) is 0 Å². The van der Waals surface area contributed by atoms with Gasteiger partial charge in [0.15, 0.2) is 0 Å². The monoisotopic (exact) mass is 302 g/mol. The van der Waals surface area contributed by atoms with Gasteiger partial charge in [0.1, 0.15) is 11.6 Å². The van der Waals surface area contributed by atoms with Gasteiger partial charge < -0.3 is 10.5 Å². The van der Waals surface area contributed by atoms with Gasteiger partial charge in [-0.3, -0.25) is 0 Å². The van der Waals surface area contributed by atoms with Crippen LogP contribution in [0.3, 0.4) is 0 Å². The Morgan fingerprint density at radius 1 is 1.20 bits per heavy atom. The van der Waals surface area contributed by atoms with Crippen molar-refractivity contribution in [3.63, 3.8) is 0 Å². The van der Waals surface area contributed by atoms with Gasteiger partial charge in [0, 0.05) is 0 Å². The summed E-state index contributed by atoms with van der Waals surface area (Å²) in [6, 6.07) is 6.16.